The molecule has 0 unspecified atom stereocenters. The first-order valence-corrected chi connectivity index (χ1v) is 11.3. The number of ether oxygens (including phenoxy) is 1. The normalized spacial score (nSPS) is 11.7. The summed E-state index contributed by atoms with van der Waals surface area (Å²) in [4.78, 5) is 17.1. The average molecular weight is 512 g/mol. The number of methoxy groups -OCH3 is 1. The molecule has 4 rings (SSSR count). The zero-order valence-electron chi connectivity index (χ0n) is 20.1. The van der Waals surface area contributed by atoms with Gasteiger partial charge in [0.25, 0.3) is 5.89 Å². The summed E-state index contributed by atoms with van der Waals surface area (Å²) in [6.07, 6.45) is -4.50. The van der Waals surface area contributed by atoms with Gasteiger partial charge in [-0.25, -0.2) is 0 Å². The maximum absolute atomic E-state index is 13.6. The third kappa shape index (κ3) is 6.22. The number of rotatable bonds is 9. The van der Waals surface area contributed by atoms with Crippen molar-refractivity contribution in [1.29, 1.82) is 0 Å². The van der Waals surface area contributed by atoms with Crippen LogP contribution in [-0.4, -0.2) is 46.8 Å². The highest BCUT2D eigenvalue weighted by molar-refractivity contribution is 5.74. The van der Waals surface area contributed by atoms with E-state index in [2.05, 4.69) is 10.1 Å². The molecule has 0 bridgehead atoms. The molecule has 1 aromatic heterocycles. The quantitative estimate of drug-likeness (QED) is 0.306. The van der Waals surface area contributed by atoms with Crippen LogP contribution in [0.3, 0.4) is 0 Å². The van der Waals surface area contributed by atoms with E-state index in [1.54, 1.807) is 36.2 Å². The molecule has 1 N–H and O–H groups in total. The summed E-state index contributed by atoms with van der Waals surface area (Å²) in [6, 6.07) is 17.7. The highest BCUT2D eigenvalue weighted by Crippen LogP contribution is 2.39. The Hall–Kier alpha value is -4.02. The fraction of sp³-hybridized carbons (Fsp3) is 0.222. The smallest absolute Gasteiger partial charge is 0.417 e. The molecule has 192 valence electrons. The van der Waals surface area contributed by atoms with Crippen LogP contribution in [0, 0.1) is 0 Å². The number of likely N-dealkylation sites (N-methyl/N-ethyl adjacent to an activating group) is 1. The molecule has 3 aromatic carbocycles. The summed E-state index contributed by atoms with van der Waals surface area (Å²) >= 11 is 0. The van der Waals surface area contributed by atoms with Crippen LogP contribution < -0.4 is 0 Å². The Balaban J connectivity index is 1.64. The van der Waals surface area contributed by atoms with Crippen LogP contribution in [-0.2, 0) is 28.9 Å². The van der Waals surface area contributed by atoms with Gasteiger partial charge in [0.05, 0.1) is 18.7 Å². The molecule has 1 heterocycles. The number of aromatic nitrogens is 2. The van der Waals surface area contributed by atoms with Gasteiger partial charge in [-0.2, -0.15) is 18.2 Å². The molecule has 0 saturated carbocycles. The molecule has 0 aliphatic rings. The minimum atomic E-state index is -4.50. The zero-order chi connectivity index (χ0) is 26.6. The summed E-state index contributed by atoms with van der Waals surface area (Å²) in [5.74, 6) is -0.379. The molecule has 0 saturated heterocycles. The minimum Gasteiger partial charge on any atom is -0.480 e. The van der Waals surface area contributed by atoms with E-state index in [9.17, 15) is 18.0 Å². The number of aliphatic carboxylic acids is 1. The highest BCUT2D eigenvalue weighted by Gasteiger charge is 2.33. The monoisotopic (exact) mass is 511 g/mol. The van der Waals surface area contributed by atoms with Crippen molar-refractivity contribution < 1.29 is 32.3 Å². The number of alkyl halides is 3. The molecule has 0 aliphatic carbocycles. The lowest BCUT2D eigenvalue weighted by Crippen LogP contribution is -2.25. The van der Waals surface area contributed by atoms with Crippen molar-refractivity contribution in [3.8, 4) is 34.0 Å². The lowest BCUT2D eigenvalue weighted by molar-refractivity contribution is -0.138. The van der Waals surface area contributed by atoms with Crippen molar-refractivity contribution in [3.63, 3.8) is 0 Å². The molecular weight excluding hydrogens is 487 g/mol. The Morgan fingerprint density at radius 2 is 1.81 bits per heavy atom. The summed E-state index contributed by atoms with van der Waals surface area (Å²) in [6.45, 7) is 0.415. The van der Waals surface area contributed by atoms with E-state index in [1.165, 1.54) is 19.2 Å². The summed E-state index contributed by atoms with van der Waals surface area (Å²) in [7, 11) is 3.18. The number of hydrogen-bond donors (Lipinski definition) is 1. The highest BCUT2D eigenvalue weighted by atomic mass is 19.4. The summed E-state index contributed by atoms with van der Waals surface area (Å²) < 4.78 is 51.6. The SMILES string of the molecule is COCc1cc(-c2nc(-c3cccc(CN(C)CC(=O)O)c3)no2)ccc1-c1ccccc1C(F)(F)F. The second kappa shape index (κ2) is 10.9. The maximum atomic E-state index is 13.6. The summed E-state index contributed by atoms with van der Waals surface area (Å²) in [5, 5.41) is 13.0. The maximum Gasteiger partial charge on any atom is 0.417 e. The van der Waals surface area contributed by atoms with Crippen LogP contribution >= 0.6 is 0 Å². The largest absolute Gasteiger partial charge is 0.480 e. The molecule has 0 fully saturated rings. The van der Waals surface area contributed by atoms with Crippen LogP contribution in [0.1, 0.15) is 16.7 Å². The molecule has 4 aromatic rings. The van der Waals surface area contributed by atoms with E-state index < -0.39 is 17.7 Å². The lowest BCUT2D eigenvalue weighted by atomic mass is 9.94. The molecule has 0 atom stereocenters. The first-order valence-electron chi connectivity index (χ1n) is 11.3. The lowest BCUT2D eigenvalue weighted by Gasteiger charge is -2.16. The Morgan fingerprint density at radius 1 is 1.03 bits per heavy atom. The Bertz CT molecular complexity index is 1400. The Morgan fingerprint density at radius 3 is 2.54 bits per heavy atom. The van der Waals surface area contributed by atoms with Gasteiger partial charge in [0, 0.05) is 24.8 Å². The topological polar surface area (TPSA) is 88.7 Å². The van der Waals surface area contributed by atoms with Crippen LogP contribution in [0.25, 0.3) is 34.0 Å². The molecule has 10 heteroatoms. The molecule has 7 nitrogen and oxygen atoms in total. The molecule has 37 heavy (non-hydrogen) atoms. The van der Waals surface area contributed by atoms with Crippen molar-refractivity contribution in [2.24, 2.45) is 0 Å². The van der Waals surface area contributed by atoms with E-state index in [0.717, 1.165) is 11.6 Å². The second-order valence-electron chi connectivity index (χ2n) is 8.54. The number of carboxylic acids is 1. The van der Waals surface area contributed by atoms with E-state index in [-0.39, 0.29) is 24.6 Å². The predicted octanol–water partition coefficient (Wildman–Crippen LogP) is 5.75. The van der Waals surface area contributed by atoms with Gasteiger partial charge in [-0.3, -0.25) is 9.69 Å². The van der Waals surface area contributed by atoms with E-state index >= 15 is 0 Å². The van der Waals surface area contributed by atoms with Gasteiger partial charge < -0.3 is 14.4 Å². The standard InChI is InChI=1S/C27H24F3N3O4/c1-33(15-24(34)35)14-17-6-5-7-18(12-17)25-31-26(37-32-25)19-10-11-21(20(13-19)16-36-2)22-8-3-4-9-23(22)27(28,29)30/h3-13H,14-16H2,1-2H3,(H,34,35). The number of halogens is 3. The molecular formula is C27H24F3N3O4. The van der Waals surface area contributed by atoms with Gasteiger partial charge in [0.1, 0.15) is 0 Å². The van der Waals surface area contributed by atoms with E-state index in [4.69, 9.17) is 14.4 Å². The van der Waals surface area contributed by atoms with E-state index in [0.29, 0.717) is 34.6 Å². The number of nitrogens with zero attached hydrogens (tertiary/aromatic N) is 3. The number of hydrogen-bond acceptors (Lipinski definition) is 6. The van der Waals surface area contributed by atoms with Crippen molar-refractivity contribution in [3.05, 3.63) is 83.4 Å². The van der Waals surface area contributed by atoms with Gasteiger partial charge in [0.15, 0.2) is 0 Å². The van der Waals surface area contributed by atoms with Gasteiger partial charge in [-0.1, -0.05) is 47.6 Å². The predicted molar refractivity (Wildman–Crippen MR) is 130 cm³/mol. The van der Waals surface area contributed by atoms with Gasteiger partial charge in [0.2, 0.25) is 5.82 Å². The Labute approximate surface area is 211 Å². The zero-order valence-corrected chi connectivity index (χ0v) is 20.1. The number of carbonyl (C=O) groups is 1. The second-order valence-corrected chi connectivity index (χ2v) is 8.54. The van der Waals surface area contributed by atoms with Crippen molar-refractivity contribution in [1.82, 2.24) is 15.0 Å². The third-order valence-electron chi connectivity index (χ3n) is 5.64. The third-order valence-corrected chi connectivity index (χ3v) is 5.64. The average Bonchev–Trinajstić information content (AvgIpc) is 3.34. The fourth-order valence-corrected chi connectivity index (χ4v) is 4.09. The van der Waals surface area contributed by atoms with E-state index in [1.807, 2.05) is 24.3 Å². The van der Waals surface area contributed by atoms with Crippen LogP contribution in [0.2, 0.25) is 0 Å². The molecule has 0 radical (unpaired) electrons. The first kappa shape index (κ1) is 26.1. The Kier molecular flexibility index (Phi) is 7.70. The van der Waals surface area contributed by atoms with Crippen LogP contribution in [0.4, 0.5) is 13.2 Å². The molecule has 0 amide bonds. The number of carboxylic acid groups (broad SMARTS) is 1. The van der Waals surface area contributed by atoms with Crippen LogP contribution in [0.5, 0.6) is 0 Å². The van der Waals surface area contributed by atoms with Crippen molar-refractivity contribution in [2.75, 3.05) is 20.7 Å². The van der Waals surface area contributed by atoms with Gasteiger partial charge in [-0.15, -0.1) is 0 Å². The van der Waals surface area contributed by atoms with Gasteiger partial charge >= 0.3 is 12.1 Å². The number of benzene rings is 3. The first-order chi connectivity index (χ1) is 17.7. The van der Waals surface area contributed by atoms with Crippen molar-refractivity contribution in [2.45, 2.75) is 19.3 Å². The van der Waals surface area contributed by atoms with Gasteiger partial charge in [-0.05, 0) is 53.6 Å². The van der Waals surface area contributed by atoms with Crippen molar-refractivity contribution >= 4 is 5.97 Å². The van der Waals surface area contributed by atoms with Crippen LogP contribution in [0.15, 0.2) is 71.3 Å². The summed E-state index contributed by atoms with van der Waals surface area (Å²) in [5.41, 5.74) is 2.37. The molecule has 0 aliphatic heterocycles. The fourth-order valence-electron chi connectivity index (χ4n) is 4.09. The molecule has 0 spiro atoms. The minimum absolute atomic E-state index is 0.0597.